The highest BCUT2D eigenvalue weighted by Crippen LogP contribution is 2.65. The zero-order chi connectivity index (χ0) is 17.1. The van der Waals surface area contributed by atoms with E-state index >= 15 is 0 Å². The average molecular weight is 332 g/mol. The Labute approximate surface area is 145 Å². The van der Waals surface area contributed by atoms with Crippen LogP contribution in [0.2, 0.25) is 0 Å². The SMILES string of the molecule is COC(=O)[C@H]1CC[C@H]2[C@@H]3CC[C@H]4C[C@@H](O)CC[C@]4(C)[C@H]3C=C[C@]12C. The predicted molar refractivity (Wildman–Crippen MR) is 93.1 cm³/mol. The highest BCUT2D eigenvalue weighted by molar-refractivity contribution is 5.74. The van der Waals surface area contributed by atoms with Crippen LogP contribution in [-0.2, 0) is 9.53 Å². The lowest BCUT2D eigenvalue weighted by Gasteiger charge is -2.58. The zero-order valence-electron chi connectivity index (χ0n) is 15.3. The molecule has 0 aliphatic heterocycles. The maximum absolute atomic E-state index is 12.3. The van der Waals surface area contributed by atoms with Gasteiger partial charge in [0.2, 0.25) is 0 Å². The summed E-state index contributed by atoms with van der Waals surface area (Å²) in [6.07, 6.45) is 12.5. The van der Waals surface area contributed by atoms with Gasteiger partial charge in [-0.1, -0.05) is 26.0 Å². The second kappa shape index (κ2) is 5.59. The minimum absolute atomic E-state index is 0.0222. The van der Waals surface area contributed by atoms with Gasteiger partial charge in [-0.15, -0.1) is 0 Å². The first kappa shape index (κ1) is 16.6. The van der Waals surface area contributed by atoms with Gasteiger partial charge in [-0.2, -0.15) is 0 Å². The van der Waals surface area contributed by atoms with Crippen LogP contribution in [0.3, 0.4) is 0 Å². The topological polar surface area (TPSA) is 46.5 Å². The van der Waals surface area contributed by atoms with Crippen LogP contribution < -0.4 is 0 Å². The highest BCUT2D eigenvalue weighted by Gasteiger charge is 2.59. The van der Waals surface area contributed by atoms with Gasteiger partial charge in [-0.05, 0) is 74.0 Å². The molecule has 0 radical (unpaired) electrons. The molecular weight excluding hydrogens is 300 g/mol. The van der Waals surface area contributed by atoms with E-state index in [0.29, 0.717) is 29.1 Å². The molecule has 0 aromatic carbocycles. The molecule has 4 aliphatic carbocycles. The molecule has 134 valence electrons. The molecule has 4 aliphatic rings. The van der Waals surface area contributed by atoms with Crippen LogP contribution in [0.4, 0.5) is 0 Å². The summed E-state index contributed by atoms with van der Waals surface area (Å²) in [6.45, 7) is 4.76. The first-order valence-electron chi connectivity index (χ1n) is 9.85. The number of methoxy groups -OCH3 is 1. The maximum atomic E-state index is 12.3. The fraction of sp³-hybridized carbons (Fsp3) is 0.857. The third-order valence-corrected chi connectivity index (χ3v) is 8.56. The lowest BCUT2D eigenvalue weighted by atomic mass is 9.47. The number of carbonyl (C=O) groups excluding carboxylic acids is 1. The first-order valence-corrected chi connectivity index (χ1v) is 9.85. The lowest BCUT2D eigenvalue weighted by Crippen LogP contribution is -2.52. The summed E-state index contributed by atoms with van der Waals surface area (Å²) in [5, 5.41) is 10.1. The molecule has 0 heterocycles. The van der Waals surface area contributed by atoms with Crippen molar-refractivity contribution in [2.24, 2.45) is 40.4 Å². The van der Waals surface area contributed by atoms with Crippen molar-refractivity contribution in [2.45, 2.75) is 64.9 Å². The lowest BCUT2D eigenvalue weighted by molar-refractivity contribution is -0.149. The van der Waals surface area contributed by atoms with Gasteiger partial charge in [0.05, 0.1) is 19.1 Å². The monoisotopic (exact) mass is 332 g/mol. The number of aliphatic hydroxyl groups excluding tert-OH is 1. The second-order valence-electron chi connectivity index (χ2n) is 9.38. The summed E-state index contributed by atoms with van der Waals surface area (Å²) >= 11 is 0. The molecule has 0 bridgehead atoms. The molecule has 4 rings (SSSR count). The second-order valence-corrected chi connectivity index (χ2v) is 9.38. The van der Waals surface area contributed by atoms with Crippen molar-refractivity contribution in [1.82, 2.24) is 0 Å². The number of fused-ring (bicyclic) bond motifs is 5. The molecular formula is C21H32O3. The molecule has 0 saturated heterocycles. The van der Waals surface area contributed by atoms with Crippen LogP contribution in [0.1, 0.15) is 58.8 Å². The van der Waals surface area contributed by atoms with Crippen molar-refractivity contribution in [3.8, 4) is 0 Å². The van der Waals surface area contributed by atoms with Gasteiger partial charge in [0.25, 0.3) is 0 Å². The summed E-state index contributed by atoms with van der Waals surface area (Å²) < 4.78 is 5.10. The Balaban J connectivity index is 1.66. The van der Waals surface area contributed by atoms with Crippen LogP contribution in [0.5, 0.6) is 0 Å². The molecule has 0 unspecified atom stereocenters. The summed E-state index contributed by atoms with van der Waals surface area (Å²) in [5.74, 6) is 2.60. The van der Waals surface area contributed by atoms with E-state index < -0.39 is 0 Å². The molecule has 3 heteroatoms. The highest BCUT2D eigenvalue weighted by atomic mass is 16.5. The number of rotatable bonds is 1. The number of hydrogen-bond acceptors (Lipinski definition) is 3. The molecule has 3 saturated carbocycles. The Morgan fingerprint density at radius 3 is 2.71 bits per heavy atom. The average Bonchev–Trinajstić information content (AvgIpc) is 2.92. The summed E-state index contributed by atoms with van der Waals surface area (Å²) in [6, 6.07) is 0. The number of ether oxygens (including phenoxy) is 1. The standard InChI is InChI=1S/C21H32O3/c1-20-10-8-14(22)12-13(20)4-5-15-16-6-7-18(19(23)24-3)21(16,2)11-9-17(15)20/h9,11,13-18,22H,4-8,10,12H2,1-3H3/t13-,14-,15-,16-,17-,18+,20-,21-/m0/s1. The van der Waals surface area contributed by atoms with E-state index in [1.54, 1.807) is 0 Å². The van der Waals surface area contributed by atoms with Gasteiger partial charge in [0.15, 0.2) is 0 Å². The van der Waals surface area contributed by atoms with Crippen molar-refractivity contribution in [3.05, 3.63) is 12.2 Å². The normalized spacial score (nSPS) is 53.0. The minimum Gasteiger partial charge on any atom is -0.469 e. The molecule has 0 aromatic rings. The number of allylic oxidation sites excluding steroid dienone is 2. The van der Waals surface area contributed by atoms with Crippen LogP contribution in [0, 0.1) is 40.4 Å². The van der Waals surface area contributed by atoms with Gasteiger partial charge < -0.3 is 9.84 Å². The Bertz CT molecular complexity index is 555. The molecule has 24 heavy (non-hydrogen) atoms. The van der Waals surface area contributed by atoms with E-state index in [0.717, 1.165) is 32.1 Å². The van der Waals surface area contributed by atoms with Gasteiger partial charge in [0.1, 0.15) is 0 Å². The fourth-order valence-corrected chi connectivity index (χ4v) is 7.13. The van der Waals surface area contributed by atoms with Crippen LogP contribution >= 0.6 is 0 Å². The van der Waals surface area contributed by atoms with Crippen LogP contribution in [0.25, 0.3) is 0 Å². The number of esters is 1. The van der Waals surface area contributed by atoms with Crippen molar-refractivity contribution < 1.29 is 14.6 Å². The van der Waals surface area contributed by atoms with E-state index in [9.17, 15) is 9.90 Å². The minimum atomic E-state index is -0.0901. The predicted octanol–water partition coefficient (Wildman–Crippen LogP) is 3.96. The maximum Gasteiger partial charge on any atom is 0.309 e. The molecule has 8 atom stereocenters. The zero-order valence-corrected chi connectivity index (χ0v) is 15.3. The molecule has 1 N–H and O–H groups in total. The third kappa shape index (κ3) is 2.16. The van der Waals surface area contributed by atoms with Crippen molar-refractivity contribution in [2.75, 3.05) is 7.11 Å². The molecule has 0 aromatic heterocycles. The Morgan fingerprint density at radius 1 is 1.17 bits per heavy atom. The molecule has 3 nitrogen and oxygen atoms in total. The summed E-state index contributed by atoms with van der Waals surface area (Å²) in [7, 11) is 1.52. The number of aliphatic hydroxyl groups is 1. The Morgan fingerprint density at radius 2 is 1.96 bits per heavy atom. The summed E-state index contributed by atoms with van der Waals surface area (Å²) in [4.78, 5) is 12.3. The smallest absolute Gasteiger partial charge is 0.309 e. The third-order valence-electron chi connectivity index (χ3n) is 8.56. The van der Waals surface area contributed by atoms with E-state index in [4.69, 9.17) is 4.74 Å². The Kier molecular flexibility index (Phi) is 3.87. The van der Waals surface area contributed by atoms with E-state index in [1.807, 2.05) is 0 Å². The van der Waals surface area contributed by atoms with E-state index in [-0.39, 0.29) is 23.4 Å². The number of carbonyl (C=O) groups is 1. The van der Waals surface area contributed by atoms with Crippen LogP contribution in [0.15, 0.2) is 12.2 Å². The van der Waals surface area contributed by atoms with Crippen LogP contribution in [-0.4, -0.2) is 24.3 Å². The Hall–Kier alpha value is -0.830. The van der Waals surface area contributed by atoms with Gasteiger partial charge in [-0.3, -0.25) is 4.79 Å². The van der Waals surface area contributed by atoms with Crippen molar-refractivity contribution >= 4 is 5.97 Å². The van der Waals surface area contributed by atoms with E-state index in [2.05, 4.69) is 26.0 Å². The summed E-state index contributed by atoms with van der Waals surface area (Å²) in [5.41, 5.74) is 0.314. The molecule has 3 fully saturated rings. The largest absolute Gasteiger partial charge is 0.469 e. The van der Waals surface area contributed by atoms with Crippen molar-refractivity contribution in [1.29, 1.82) is 0 Å². The van der Waals surface area contributed by atoms with Gasteiger partial charge >= 0.3 is 5.97 Å². The van der Waals surface area contributed by atoms with Gasteiger partial charge in [-0.25, -0.2) is 0 Å². The van der Waals surface area contributed by atoms with Crippen molar-refractivity contribution in [3.63, 3.8) is 0 Å². The first-order chi connectivity index (χ1) is 11.4. The molecule has 0 amide bonds. The number of hydrogen-bond donors (Lipinski definition) is 1. The fourth-order valence-electron chi connectivity index (χ4n) is 7.13. The van der Waals surface area contributed by atoms with Gasteiger partial charge in [0, 0.05) is 5.41 Å². The molecule has 0 spiro atoms. The quantitative estimate of drug-likeness (QED) is 0.584. The van der Waals surface area contributed by atoms with E-state index in [1.165, 1.54) is 20.0 Å².